The molecule has 0 aliphatic heterocycles. The summed E-state index contributed by atoms with van der Waals surface area (Å²) in [6.45, 7) is 0. The summed E-state index contributed by atoms with van der Waals surface area (Å²) in [5.74, 6) is 0. The van der Waals surface area contributed by atoms with Gasteiger partial charge >= 0.3 is 235 Å². The van der Waals surface area contributed by atoms with Crippen molar-refractivity contribution in [1.29, 1.82) is 0 Å². The maximum atomic E-state index is 6.87. The van der Waals surface area contributed by atoms with Crippen LogP contribution in [0.4, 0.5) is 0 Å². The summed E-state index contributed by atoms with van der Waals surface area (Å²) < 4.78 is 7.09. The van der Waals surface area contributed by atoms with E-state index in [1.165, 1.54) is 140 Å². The molecule has 0 spiro atoms. The minimum absolute atomic E-state index is 0.981. The van der Waals surface area contributed by atoms with Crippen molar-refractivity contribution >= 4 is 251 Å². The van der Waals surface area contributed by atoms with Crippen molar-refractivity contribution in [3.8, 4) is 0 Å². The van der Waals surface area contributed by atoms with Gasteiger partial charge in [-0.25, -0.2) is 9.97 Å². The second-order valence-corrected chi connectivity index (χ2v) is 44.8. The third-order valence-electron chi connectivity index (χ3n) is 23.5. The zero-order valence-electron chi connectivity index (χ0n) is 63.1. The molecule has 0 radical (unpaired) electrons. The number of nitrogens with zero attached hydrogens (tertiary/aromatic N) is 6. The van der Waals surface area contributed by atoms with Crippen LogP contribution in [0.2, 0.25) is 0 Å². The molecule has 0 saturated carbocycles. The molecular weight excluding hydrogens is 1580 g/mol. The van der Waals surface area contributed by atoms with Gasteiger partial charge in [0.25, 0.3) is 0 Å². The number of pyridine rings is 3. The fourth-order valence-corrected chi connectivity index (χ4v) is 30.9. The van der Waals surface area contributed by atoms with Crippen LogP contribution < -0.4 is 47.7 Å². The number of benzene rings is 18. The van der Waals surface area contributed by atoms with Gasteiger partial charge in [0.1, 0.15) is 11.3 Å². The van der Waals surface area contributed by atoms with Crippen LogP contribution in [-0.2, 0) is 23.6 Å². The molecule has 0 aliphatic rings. The van der Waals surface area contributed by atoms with Crippen LogP contribution in [0.5, 0.6) is 0 Å². The number of para-hydroxylation sites is 6. The number of hydrogen-bond acceptors (Lipinski definition) is 5. The van der Waals surface area contributed by atoms with Gasteiger partial charge in [0.15, 0.2) is 0 Å². The molecular formula is C105H69N6P3S2Se. The molecule has 18 aromatic carbocycles. The molecule has 0 N–H and O–H groups in total. The van der Waals surface area contributed by atoms with Gasteiger partial charge in [-0.3, -0.25) is 8.80 Å². The van der Waals surface area contributed by atoms with E-state index < -0.39 is 17.6 Å². The Morgan fingerprint density at radius 2 is 0.538 bits per heavy atom. The van der Waals surface area contributed by atoms with Gasteiger partial charge in [0.05, 0.1) is 33.1 Å². The van der Waals surface area contributed by atoms with E-state index in [9.17, 15) is 0 Å². The summed E-state index contributed by atoms with van der Waals surface area (Å²) in [4.78, 5) is 15.4. The molecule has 0 atom stereocenters. The first-order valence-electron chi connectivity index (χ1n) is 39.3. The number of imidazole rings is 3. The van der Waals surface area contributed by atoms with E-state index in [1.807, 2.05) is 0 Å². The molecule has 6 nitrogen and oxygen atoms in total. The van der Waals surface area contributed by atoms with Crippen LogP contribution in [0.25, 0.3) is 147 Å². The van der Waals surface area contributed by atoms with Gasteiger partial charge in [-0.15, -0.1) is 0 Å². The van der Waals surface area contributed by atoms with E-state index in [-0.39, 0.29) is 0 Å². The minimum atomic E-state index is -2.41. The summed E-state index contributed by atoms with van der Waals surface area (Å²) in [7, 11) is 0. The van der Waals surface area contributed by atoms with Crippen LogP contribution in [0.1, 0.15) is 0 Å². The molecule has 0 bridgehead atoms. The molecule has 0 unspecified atom stereocenters. The average molecular weight is 1650 g/mol. The zero-order valence-corrected chi connectivity index (χ0v) is 69.1. The number of hydrogen-bond donors (Lipinski definition) is 0. The molecule has 24 aromatic rings. The molecule has 12 heteroatoms. The van der Waals surface area contributed by atoms with E-state index in [0.717, 1.165) is 55.4 Å². The standard InChI is InChI=1S/2C35H23N2PS.C35H23N2PSe/c39-38(25-13-3-1-4-14-25,26-15-5-2-6-16-26)32-21-11-12-24-22-23-28-27-17-7-8-18-29(27)35-36-30-19-9-10-20-31(30)37(35)34(28)33(24)32;39-38(25-11-3-1-4-12-25,26-13-5-2-6-14-26)27-20-22-28-24(23-27)19-21-30-29-15-7-8-16-31(29)35-36-32-17-9-10-18-33(32)37(35)34(28)30;39-38(25-11-3-1-4-12-25,26-13-5-2-6-14-26)27-21-19-24-20-22-29-28-15-7-8-16-30(28)35-36-32-17-9-10-18-33(32)37(35)34(29)31(24)23-27/h3*1-23H. The Balaban J connectivity index is 0.000000106. The Kier molecular flexibility index (Phi) is 17.4. The van der Waals surface area contributed by atoms with Gasteiger partial charge in [-0.05, 0) is 78.4 Å². The van der Waals surface area contributed by atoms with Crippen LogP contribution >= 0.6 is 17.6 Å². The first-order valence-corrected chi connectivity index (χ1v) is 48.9. The van der Waals surface area contributed by atoms with Gasteiger partial charge in [0, 0.05) is 49.7 Å². The molecule has 552 valence electrons. The van der Waals surface area contributed by atoms with Crippen molar-refractivity contribution in [2.45, 2.75) is 0 Å². The van der Waals surface area contributed by atoms with Crippen molar-refractivity contribution < 1.29 is 0 Å². The molecule has 6 aromatic heterocycles. The second-order valence-electron chi connectivity index (χ2n) is 29.8. The topological polar surface area (TPSA) is 51.9 Å². The average Bonchev–Trinajstić information content (AvgIpc) is 1.73. The Bertz CT molecular complexity index is 8170. The quantitative estimate of drug-likeness (QED) is 0.0819. The summed E-state index contributed by atoms with van der Waals surface area (Å²) in [5, 5.41) is 29.3. The van der Waals surface area contributed by atoms with E-state index in [0.29, 0.717) is 0 Å². The van der Waals surface area contributed by atoms with Gasteiger partial charge < -0.3 is 0 Å². The Morgan fingerprint density at radius 3 is 0.983 bits per heavy atom. The van der Waals surface area contributed by atoms with Crippen molar-refractivity contribution in [3.05, 3.63) is 419 Å². The fraction of sp³-hybridized carbons (Fsp3) is 0. The summed E-state index contributed by atoms with van der Waals surface area (Å²) in [5.41, 5.74) is 10.9. The SMILES string of the molecule is S=P(c1ccccc1)(c1ccccc1)c1ccc2c(ccc3c4ccccc4c4nc5ccccc5n4c23)c1.S=P(c1ccccc1)(c1ccccc1)c1cccc2ccc3c4ccccc4c4nc5ccccc5n4c3c12.[Se]=P(c1ccccc1)(c1ccccc1)c1ccc2ccc3c4ccccc4c4nc5ccccc5n4c3c2c1. The van der Waals surface area contributed by atoms with E-state index in [4.69, 9.17) is 38.6 Å². The number of rotatable bonds is 9. The summed E-state index contributed by atoms with van der Waals surface area (Å²) >= 11 is 17.3. The van der Waals surface area contributed by atoms with E-state index in [1.54, 1.807) is 0 Å². The Morgan fingerprint density at radius 1 is 0.214 bits per heavy atom. The van der Waals surface area contributed by atoms with Crippen LogP contribution in [0.3, 0.4) is 0 Å². The second kappa shape index (κ2) is 28.7. The van der Waals surface area contributed by atoms with Crippen molar-refractivity contribution in [3.63, 3.8) is 0 Å². The van der Waals surface area contributed by atoms with E-state index in [2.05, 4.69) is 447 Å². The molecule has 6 heterocycles. The number of fused-ring (bicyclic) bond motifs is 30. The fourth-order valence-electron chi connectivity index (χ4n) is 18.1. The Labute approximate surface area is 692 Å². The molecule has 0 amide bonds. The Hall–Kier alpha value is -12.6. The van der Waals surface area contributed by atoms with Gasteiger partial charge in [0.2, 0.25) is 0 Å². The normalized spacial score (nSPS) is 12.2. The predicted octanol–water partition coefficient (Wildman–Crippen LogP) is 22.7. The van der Waals surface area contributed by atoms with Crippen LogP contribution in [-0.4, -0.2) is 43.3 Å². The molecule has 0 aliphatic carbocycles. The summed E-state index contributed by atoms with van der Waals surface area (Å²) in [6, 6.07) is 145. The van der Waals surface area contributed by atoms with Crippen LogP contribution in [0.15, 0.2) is 419 Å². The summed E-state index contributed by atoms with van der Waals surface area (Å²) in [6.07, 6.45) is 0. The third kappa shape index (κ3) is 11.3. The number of aromatic nitrogens is 6. The predicted molar refractivity (Wildman–Crippen MR) is 512 cm³/mol. The zero-order chi connectivity index (χ0) is 77.9. The molecule has 0 fully saturated rings. The third-order valence-corrected chi connectivity index (χ3v) is 40.4. The van der Waals surface area contributed by atoms with Crippen LogP contribution in [0, 0.1) is 0 Å². The molecule has 24 rings (SSSR count). The van der Waals surface area contributed by atoms with Crippen molar-refractivity contribution in [1.82, 2.24) is 28.2 Å². The maximum absolute atomic E-state index is 6.87. The van der Waals surface area contributed by atoms with Gasteiger partial charge in [-0.1, -0.05) is 272 Å². The van der Waals surface area contributed by atoms with Crippen molar-refractivity contribution in [2.24, 2.45) is 0 Å². The van der Waals surface area contributed by atoms with E-state index >= 15 is 0 Å². The molecule has 117 heavy (non-hydrogen) atoms. The first-order chi connectivity index (χ1) is 57.7. The van der Waals surface area contributed by atoms with Gasteiger partial charge in [-0.2, -0.15) is 0 Å². The first kappa shape index (κ1) is 71.0. The monoisotopic (exact) mass is 1650 g/mol. The van der Waals surface area contributed by atoms with Crippen molar-refractivity contribution in [2.75, 3.05) is 0 Å². The molecule has 0 saturated heterocycles.